The van der Waals surface area contributed by atoms with Crippen LogP contribution >= 0.6 is 0 Å². The van der Waals surface area contributed by atoms with Crippen molar-refractivity contribution in [3.05, 3.63) is 11.8 Å². The molecule has 4 nitrogen and oxygen atoms in total. The maximum atomic E-state index is 8.85. The Balaban J connectivity index is 2.42. The highest BCUT2D eigenvalue weighted by Crippen LogP contribution is 2.21. The number of nitrogens with zero attached hydrogens (tertiary/aromatic N) is 3. The van der Waals surface area contributed by atoms with Crippen LogP contribution in [0.5, 0.6) is 0 Å². The van der Waals surface area contributed by atoms with Gasteiger partial charge in [-0.25, -0.2) is 0 Å². The zero-order valence-corrected chi connectivity index (χ0v) is 9.62. The molecule has 15 heavy (non-hydrogen) atoms. The number of nitrogens with two attached hydrogens (primary N) is 1. The van der Waals surface area contributed by atoms with E-state index in [2.05, 4.69) is 11.2 Å². The Morgan fingerprint density at radius 1 is 1.60 bits per heavy atom. The summed E-state index contributed by atoms with van der Waals surface area (Å²) < 4.78 is 1.85. The molecular weight excluding hydrogens is 188 g/mol. The molecule has 0 spiro atoms. The van der Waals surface area contributed by atoms with Crippen molar-refractivity contribution in [1.82, 2.24) is 9.78 Å². The first-order valence-corrected chi connectivity index (χ1v) is 5.15. The van der Waals surface area contributed by atoms with Crippen LogP contribution in [0, 0.1) is 23.7 Å². The van der Waals surface area contributed by atoms with Gasteiger partial charge in [-0.05, 0) is 33.6 Å². The van der Waals surface area contributed by atoms with Crippen molar-refractivity contribution in [2.75, 3.05) is 5.73 Å². The fourth-order valence-corrected chi connectivity index (χ4v) is 1.39. The summed E-state index contributed by atoms with van der Waals surface area (Å²) in [6, 6.07) is 2.29. The number of hydrogen-bond donors (Lipinski definition) is 1. The van der Waals surface area contributed by atoms with Crippen molar-refractivity contribution < 1.29 is 0 Å². The summed E-state index contributed by atoms with van der Waals surface area (Å²) in [7, 11) is 0. The van der Waals surface area contributed by atoms with E-state index in [4.69, 9.17) is 11.0 Å². The van der Waals surface area contributed by atoms with Crippen molar-refractivity contribution in [3.8, 4) is 6.07 Å². The lowest BCUT2D eigenvalue weighted by atomic mass is 9.90. The van der Waals surface area contributed by atoms with Crippen LogP contribution < -0.4 is 5.73 Å². The van der Waals surface area contributed by atoms with Crippen molar-refractivity contribution in [1.29, 1.82) is 5.26 Å². The van der Waals surface area contributed by atoms with Gasteiger partial charge in [0.2, 0.25) is 0 Å². The molecule has 0 aliphatic carbocycles. The van der Waals surface area contributed by atoms with Crippen molar-refractivity contribution in [2.24, 2.45) is 5.41 Å². The van der Waals surface area contributed by atoms with E-state index in [-0.39, 0.29) is 5.41 Å². The first kappa shape index (κ1) is 11.6. The average Bonchev–Trinajstić information content (AvgIpc) is 2.46. The molecule has 1 rings (SSSR count). The van der Waals surface area contributed by atoms with Gasteiger partial charge < -0.3 is 5.73 Å². The number of hydrogen-bond acceptors (Lipinski definition) is 3. The predicted octanol–water partition coefficient (Wildman–Crippen LogP) is 2.10. The Kier molecular flexibility index (Phi) is 3.35. The Hall–Kier alpha value is -1.50. The van der Waals surface area contributed by atoms with E-state index in [9.17, 15) is 0 Å². The number of rotatable bonds is 4. The maximum Gasteiger partial charge on any atom is 0.148 e. The molecule has 0 aliphatic heterocycles. The molecule has 0 aliphatic rings. The molecule has 0 atom stereocenters. The van der Waals surface area contributed by atoms with Gasteiger partial charge in [0.05, 0.1) is 11.5 Å². The number of anilines is 1. The Morgan fingerprint density at radius 2 is 2.27 bits per heavy atom. The first-order chi connectivity index (χ1) is 6.94. The molecule has 0 saturated carbocycles. The van der Waals surface area contributed by atoms with Gasteiger partial charge in [-0.2, -0.15) is 10.4 Å². The van der Waals surface area contributed by atoms with Crippen LogP contribution in [0.1, 0.15) is 32.3 Å². The number of aromatic nitrogens is 2. The zero-order chi connectivity index (χ0) is 11.5. The molecule has 0 radical (unpaired) electrons. The molecular formula is C11H18N4. The van der Waals surface area contributed by atoms with Crippen LogP contribution in [0.4, 0.5) is 5.82 Å². The van der Waals surface area contributed by atoms with Crippen LogP contribution in [-0.2, 0) is 6.54 Å². The SMILES string of the molecule is Cc1cn(CCCC(C)(C)C#N)nc1N. The van der Waals surface area contributed by atoms with Gasteiger partial charge in [0.15, 0.2) is 0 Å². The third-order valence-corrected chi connectivity index (χ3v) is 2.47. The predicted molar refractivity (Wildman–Crippen MR) is 60.0 cm³/mol. The fraction of sp³-hybridized carbons (Fsp3) is 0.636. The molecule has 2 N–H and O–H groups in total. The minimum Gasteiger partial charge on any atom is -0.382 e. The fourth-order valence-electron chi connectivity index (χ4n) is 1.39. The third-order valence-electron chi connectivity index (χ3n) is 2.47. The van der Waals surface area contributed by atoms with E-state index in [1.807, 2.05) is 31.6 Å². The van der Waals surface area contributed by atoms with E-state index in [0.29, 0.717) is 5.82 Å². The van der Waals surface area contributed by atoms with Crippen molar-refractivity contribution in [2.45, 2.75) is 40.2 Å². The molecule has 0 fully saturated rings. The standard InChI is InChI=1S/C11H18N4/c1-9-7-15(14-10(9)13)6-4-5-11(2,3)8-12/h7H,4-6H2,1-3H3,(H2,13,14). The third kappa shape index (κ3) is 3.28. The zero-order valence-electron chi connectivity index (χ0n) is 9.62. The summed E-state index contributed by atoms with van der Waals surface area (Å²) in [6.07, 6.45) is 3.76. The summed E-state index contributed by atoms with van der Waals surface area (Å²) in [5.41, 5.74) is 6.41. The van der Waals surface area contributed by atoms with Gasteiger partial charge in [-0.3, -0.25) is 4.68 Å². The summed E-state index contributed by atoms with van der Waals surface area (Å²) in [4.78, 5) is 0. The Labute approximate surface area is 90.7 Å². The molecule has 4 heteroatoms. The highest BCUT2D eigenvalue weighted by Gasteiger charge is 2.15. The quantitative estimate of drug-likeness (QED) is 0.820. The second-order valence-electron chi connectivity index (χ2n) is 4.56. The van der Waals surface area contributed by atoms with Gasteiger partial charge in [0, 0.05) is 18.3 Å². The van der Waals surface area contributed by atoms with Gasteiger partial charge in [-0.15, -0.1) is 0 Å². The molecule has 1 heterocycles. The summed E-state index contributed by atoms with van der Waals surface area (Å²) >= 11 is 0. The van der Waals surface area contributed by atoms with E-state index in [0.717, 1.165) is 24.9 Å². The van der Waals surface area contributed by atoms with Gasteiger partial charge in [-0.1, -0.05) is 0 Å². The molecule has 0 bridgehead atoms. The minimum atomic E-state index is -0.242. The molecule has 1 aromatic rings. The van der Waals surface area contributed by atoms with Crippen LogP contribution in [0.25, 0.3) is 0 Å². The van der Waals surface area contributed by atoms with E-state index < -0.39 is 0 Å². The molecule has 1 aromatic heterocycles. The number of aryl methyl sites for hydroxylation is 2. The monoisotopic (exact) mass is 206 g/mol. The molecule has 0 unspecified atom stereocenters. The van der Waals surface area contributed by atoms with Crippen LogP contribution in [0.2, 0.25) is 0 Å². The summed E-state index contributed by atoms with van der Waals surface area (Å²) in [5, 5.41) is 13.0. The van der Waals surface area contributed by atoms with Crippen molar-refractivity contribution >= 4 is 5.82 Å². The topological polar surface area (TPSA) is 67.6 Å². The normalized spacial score (nSPS) is 11.3. The minimum absolute atomic E-state index is 0.242. The largest absolute Gasteiger partial charge is 0.382 e. The van der Waals surface area contributed by atoms with Gasteiger partial charge in [0.25, 0.3) is 0 Å². The van der Waals surface area contributed by atoms with Crippen LogP contribution in [0.15, 0.2) is 6.20 Å². The number of nitriles is 1. The highest BCUT2D eigenvalue weighted by molar-refractivity contribution is 5.35. The van der Waals surface area contributed by atoms with Crippen LogP contribution in [0.3, 0.4) is 0 Å². The Morgan fingerprint density at radius 3 is 2.73 bits per heavy atom. The molecule has 0 aromatic carbocycles. The molecule has 0 saturated heterocycles. The molecule has 82 valence electrons. The van der Waals surface area contributed by atoms with E-state index in [1.54, 1.807) is 0 Å². The maximum absolute atomic E-state index is 8.85. The second-order valence-corrected chi connectivity index (χ2v) is 4.56. The molecule has 0 amide bonds. The lowest BCUT2D eigenvalue weighted by Gasteiger charge is -2.14. The van der Waals surface area contributed by atoms with Gasteiger partial charge >= 0.3 is 0 Å². The second kappa shape index (κ2) is 4.35. The van der Waals surface area contributed by atoms with Gasteiger partial charge in [0.1, 0.15) is 5.82 Å². The van der Waals surface area contributed by atoms with E-state index >= 15 is 0 Å². The smallest absolute Gasteiger partial charge is 0.148 e. The highest BCUT2D eigenvalue weighted by atomic mass is 15.3. The first-order valence-electron chi connectivity index (χ1n) is 5.15. The van der Waals surface area contributed by atoms with E-state index in [1.165, 1.54) is 0 Å². The lowest BCUT2D eigenvalue weighted by molar-refractivity contribution is 0.407. The van der Waals surface area contributed by atoms with Crippen LogP contribution in [-0.4, -0.2) is 9.78 Å². The number of nitrogen functional groups attached to an aromatic ring is 1. The Bertz CT molecular complexity index is 351. The average molecular weight is 206 g/mol. The summed E-state index contributed by atoms with van der Waals surface area (Å²) in [5.74, 6) is 0.592. The lowest BCUT2D eigenvalue weighted by Crippen LogP contribution is -2.10. The van der Waals surface area contributed by atoms with Crippen molar-refractivity contribution in [3.63, 3.8) is 0 Å². The summed E-state index contributed by atoms with van der Waals surface area (Å²) in [6.45, 7) is 6.67.